The summed E-state index contributed by atoms with van der Waals surface area (Å²) in [6, 6.07) is 11.5. The first kappa shape index (κ1) is 12.4. The minimum Gasteiger partial charge on any atom is -0.320 e. The Labute approximate surface area is 105 Å². The van der Waals surface area contributed by atoms with Crippen LogP contribution in [0, 0.1) is 0 Å². The van der Waals surface area contributed by atoms with E-state index in [1.54, 1.807) is 0 Å². The van der Waals surface area contributed by atoms with Gasteiger partial charge in [-0.2, -0.15) is 0 Å². The summed E-state index contributed by atoms with van der Waals surface area (Å²) in [6.45, 7) is 4.85. The molecule has 1 heterocycles. The molecular weight excluding hydrogens is 206 g/mol. The van der Waals surface area contributed by atoms with E-state index in [4.69, 9.17) is 0 Å². The Bertz CT molecular complexity index is 368. The molecule has 0 spiro atoms. The fourth-order valence-corrected chi connectivity index (χ4v) is 3.06. The van der Waals surface area contributed by atoms with Crippen LogP contribution in [0.4, 0.5) is 0 Å². The summed E-state index contributed by atoms with van der Waals surface area (Å²) >= 11 is 0. The number of quaternary nitrogens is 1. The molecule has 0 aromatic heterocycles. The second kappa shape index (κ2) is 5.50. The monoisotopic (exact) mass is 230 g/mol. The lowest BCUT2D eigenvalue weighted by Crippen LogP contribution is -2.47. The highest BCUT2D eigenvalue weighted by Gasteiger charge is 2.35. The number of hydrogen-bond donors (Lipinski definition) is 0. The minimum absolute atomic E-state index is 0.871. The highest BCUT2D eigenvalue weighted by Crippen LogP contribution is 2.26. The third-order valence-electron chi connectivity index (χ3n) is 4.19. The lowest BCUT2D eigenvalue weighted by Gasteiger charge is -2.34. The van der Waals surface area contributed by atoms with Crippen molar-refractivity contribution in [1.82, 2.24) is 0 Å². The SMILES string of the molecule is CC[C@@H]1CCC[N+]1(C)CC=Cc1ccccc1. The average molecular weight is 230 g/mol. The van der Waals surface area contributed by atoms with Crippen molar-refractivity contribution in [2.45, 2.75) is 32.2 Å². The quantitative estimate of drug-likeness (QED) is 0.692. The third-order valence-corrected chi connectivity index (χ3v) is 4.19. The van der Waals surface area contributed by atoms with Crippen LogP contribution in [0.5, 0.6) is 0 Å². The zero-order valence-corrected chi connectivity index (χ0v) is 11.1. The number of likely N-dealkylation sites (N-methyl/N-ethyl adjacent to an activating group) is 1. The van der Waals surface area contributed by atoms with E-state index in [1.165, 1.54) is 42.4 Å². The first-order valence-corrected chi connectivity index (χ1v) is 6.80. The van der Waals surface area contributed by atoms with Crippen molar-refractivity contribution in [3.05, 3.63) is 42.0 Å². The van der Waals surface area contributed by atoms with Gasteiger partial charge in [0.05, 0.1) is 26.2 Å². The molecule has 1 aliphatic heterocycles. The highest BCUT2D eigenvalue weighted by molar-refractivity contribution is 5.48. The molecule has 0 aliphatic carbocycles. The number of rotatable bonds is 4. The number of benzene rings is 1. The summed E-state index contributed by atoms with van der Waals surface area (Å²) in [7, 11) is 2.41. The normalized spacial score (nSPS) is 28.9. The second-order valence-electron chi connectivity index (χ2n) is 5.40. The molecule has 1 fully saturated rings. The number of nitrogens with zero attached hydrogens (tertiary/aromatic N) is 1. The summed E-state index contributed by atoms with van der Waals surface area (Å²) in [6.07, 6.45) is 8.73. The molecule has 2 rings (SSSR count). The topological polar surface area (TPSA) is 0 Å². The molecule has 0 N–H and O–H groups in total. The van der Waals surface area contributed by atoms with Gasteiger partial charge >= 0.3 is 0 Å². The van der Waals surface area contributed by atoms with E-state index in [0.29, 0.717) is 0 Å². The predicted molar refractivity (Wildman–Crippen MR) is 74.7 cm³/mol. The lowest BCUT2D eigenvalue weighted by atomic mass is 10.1. The molecule has 1 unspecified atom stereocenters. The van der Waals surface area contributed by atoms with Gasteiger partial charge in [-0.25, -0.2) is 0 Å². The van der Waals surface area contributed by atoms with Gasteiger partial charge in [0.25, 0.3) is 0 Å². The molecule has 1 aromatic carbocycles. The van der Waals surface area contributed by atoms with E-state index in [1.807, 2.05) is 0 Å². The van der Waals surface area contributed by atoms with E-state index in [-0.39, 0.29) is 0 Å². The third kappa shape index (κ3) is 2.98. The van der Waals surface area contributed by atoms with Crippen LogP contribution in [0.3, 0.4) is 0 Å². The lowest BCUT2D eigenvalue weighted by molar-refractivity contribution is -0.915. The zero-order valence-electron chi connectivity index (χ0n) is 11.1. The van der Waals surface area contributed by atoms with Gasteiger partial charge in [0.2, 0.25) is 0 Å². The van der Waals surface area contributed by atoms with Gasteiger partial charge in [-0.3, -0.25) is 0 Å². The van der Waals surface area contributed by atoms with Crippen molar-refractivity contribution in [2.75, 3.05) is 20.1 Å². The van der Waals surface area contributed by atoms with Crippen molar-refractivity contribution < 1.29 is 4.48 Å². The Hall–Kier alpha value is -1.08. The smallest absolute Gasteiger partial charge is 0.0977 e. The van der Waals surface area contributed by atoms with Crippen LogP contribution < -0.4 is 0 Å². The van der Waals surface area contributed by atoms with Gasteiger partial charge in [-0.1, -0.05) is 43.3 Å². The van der Waals surface area contributed by atoms with Crippen molar-refractivity contribution in [3.8, 4) is 0 Å². The molecule has 0 saturated carbocycles. The summed E-state index contributed by atoms with van der Waals surface area (Å²) in [4.78, 5) is 0. The van der Waals surface area contributed by atoms with E-state index >= 15 is 0 Å². The largest absolute Gasteiger partial charge is 0.320 e. The van der Waals surface area contributed by atoms with E-state index in [9.17, 15) is 0 Å². The molecule has 0 bridgehead atoms. The fraction of sp³-hybridized carbons (Fsp3) is 0.500. The Morgan fingerprint density at radius 1 is 1.29 bits per heavy atom. The van der Waals surface area contributed by atoms with Crippen molar-refractivity contribution in [3.63, 3.8) is 0 Å². The molecule has 1 saturated heterocycles. The first-order valence-electron chi connectivity index (χ1n) is 6.80. The van der Waals surface area contributed by atoms with Crippen LogP contribution in [0.2, 0.25) is 0 Å². The molecular formula is C16H24N+. The standard InChI is InChI=1S/C16H24N/c1-3-16-12-8-14-17(16,2)13-7-11-15-9-5-4-6-10-15/h4-7,9-11,16H,3,8,12-14H2,1-2H3/q+1/t16-,17?/m1/s1. The first-order chi connectivity index (χ1) is 8.24. The molecule has 1 aromatic rings. The fourth-order valence-electron chi connectivity index (χ4n) is 3.06. The van der Waals surface area contributed by atoms with Crippen LogP contribution in [-0.2, 0) is 0 Å². The Kier molecular flexibility index (Phi) is 4.01. The van der Waals surface area contributed by atoms with Gasteiger partial charge in [0, 0.05) is 12.8 Å². The Morgan fingerprint density at radius 2 is 2.06 bits per heavy atom. The minimum atomic E-state index is 0.871. The van der Waals surface area contributed by atoms with Crippen LogP contribution in [0.1, 0.15) is 31.7 Å². The summed E-state index contributed by atoms with van der Waals surface area (Å²) in [5, 5.41) is 0. The predicted octanol–water partition coefficient (Wildman–Crippen LogP) is 3.72. The molecule has 92 valence electrons. The zero-order chi connectivity index (χ0) is 12.1. The number of hydrogen-bond acceptors (Lipinski definition) is 0. The van der Waals surface area contributed by atoms with Gasteiger partial charge < -0.3 is 4.48 Å². The van der Waals surface area contributed by atoms with Crippen LogP contribution in [0.15, 0.2) is 36.4 Å². The van der Waals surface area contributed by atoms with Crippen LogP contribution >= 0.6 is 0 Å². The molecule has 1 aliphatic rings. The molecule has 2 atom stereocenters. The average Bonchev–Trinajstić information content (AvgIpc) is 2.72. The van der Waals surface area contributed by atoms with E-state index < -0.39 is 0 Å². The van der Waals surface area contributed by atoms with Gasteiger partial charge in [-0.05, 0) is 18.1 Å². The van der Waals surface area contributed by atoms with Crippen molar-refractivity contribution in [2.24, 2.45) is 0 Å². The molecule has 0 radical (unpaired) electrons. The number of likely N-dealkylation sites (tertiary alicyclic amines) is 1. The maximum atomic E-state index is 2.41. The van der Waals surface area contributed by atoms with Gasteiger partial charge in [0.15, 0.2) is 0 Å². The van der Waals surface area contributed by atoms with Crippen molar-refractivity contribution >= 4 is 6.08 Å². The van der Waals surface area contributed by atoms with Crippen molar-refractivity contribution in [1.29, 1.82) is 0 Å². The Morgan fingerprint density at radius 3 is 2.76 bits per heavy atom. The second-order valence-corrected chi connectivity index (χ2v) is 5.40. The summed E-state index contributed by atoms with van der Waals surface area (Å²) in [5.74, 6) is 0. The maximum Gasteiger partial charge on any atom is 0.0977 e. The Balaban J connectivity index is 1.95. The van der Waals surface area contributed by atoms with Crippen LogP contribution in [-0.4, -0.2) is 30.7 Å². The van der Waals surface area contributed by atoms with Gasteiger partial charge in [0.1, 0.15) is 0 Å². The molecule has 0 amide bonds. The molecule has 17 heavy (non-hydrogen) atoms. The highest BCUT2D eigenvalue weighted by atomic mass is 15.4. The molecule has 1 heteroatoms. The van der Waals surface area contributed by atoms with Gasteiger partial charge in [-0.15, -0.1) is 0 Å². The van der Waals surface area contributed by atoms with E-state index in [0.717, 1.165) is 6.04 Å². The maximum absolute atomic E-state index is 2.41. The summed E-state index contributed by atoms with van der Waals surface area (Å²) in [5.41, 5.74) is 1.31. The summed E-state index contributed by atoms with van der Waals surface area (Å²) < 4.78 is 1.24. The molecule has 1 nitrogen and oxygen atoms in total. The van der Waals surface area contributed by atoms with E-state index in [2.05, 4.69) is 56.5 Å². The van der Waals surface area contributed by atoms with Crippen LogP contribution in [0.25, 0.3) is 6.08 Å².